The number of carbonyl (C=O) groups excluding carboxylic acids is 1. The molecule has 0 aromatic carbocycles. The van der Waals surface area contributed by atoms with Crippen LogP contribution in [0.4, 0.5) is 0 Å². The molecule has 90 valence electrons. The zero-order valence-electron chi connectivity index (χ0n) is 10.9. The summed E-state index contributed by atoms with van der Waals surface area (Å²) < 4.78 is 5.15. The molecule has 0 aliphatic rings. The molecule has 0 spiro atoms. The Kier molecular flexibility index (Phi) is 4.78. The molecular weight excluding hydrogens is 190 g/mol. The molecule has 0 rings (SSSR count). The Bertz CT molecular complexity index is 214. The minimum Gasteiger partial charge on any atom is -0.464 e. The van der Waals surface area contributed by atoms with Crippen LogP contribution < -0.4 is 5.73 Å². The Balaban J connectivity index is 4.10. The number of nitrogens with two attached hydrogens (primary N) is 1. The first-order chi connectivity index (χ1) is 6.53. The van der Waals surface area contributed by atoms with Crippen LogP contribution in [0.15, 0.2) is 0 Å². The molecular formula is C12H25NO2. The van der Waals surface area contributed by atoms with Crippen molar-refractivity contribution in [3.05, 3.63) is 0 Å². The van der Waals surface area contributed by atoms with E-state index in [1.165, 1.54) is 0 Å². The highest BCUT2D eigenvalue weighted by Crippen LogP contribution is 2.33. The minimum absolute atomic E-state index is 0.00278. The van der Waals surface area contributed by atoms with Gasteiger partial charge in [0.15, 0.2) is 0 Å². The van der Waals surface area contributed by atoms with E-state index in [-0.39, 0.29) is 16.8 Å². The Morgan fingerprint density at radius 3 is 2.07 bits per heavy atom. The van der Waals surface area contributed by atoms with Gasteiger partial charge in [0, 0.05) is 0 Å². The van der Waals surface area contributed by atoms with Crippen LogP contribution in [0.3, 0.4) is 0 Å². The van der Waals surface area contributed by atoms with E-state index in [0.29, 0.717) is 6.61 Å². The van der Waals surface area contributed by atoms with Crippen LogP contribution in [0.2, 0.25) is 0 Å². The zero-order valence-corrected chi connectivity index (χ0v) is 10.9. The van der Waals surface area contributed by atoms with Gasteiger partial charge >= 0.3 is 5.97 Å². The summed E-state index contributed by atoms with van der Waals surface area (Å²) in [6.45, 7) is 12.8. The highest BCUT2D eigenvalue weighted by molar-refractivity contribution is 5.74. The molecule has 0 aliphatic heterocycles. The Morgan fingerprint density at radius 1 is 1.27 bits per heavy atom. The van der Waals surface area contributed by atoms with Crippen LogP contribution in [-0.2, 0) is 9.53 Å². The molecule has 0 aromatic heterocycles. The molecule has 0 saturated heterocycles. The Morgan fingerprint density at radius 2 is 1.73 bits per heavy atom. The van der Waals surface area contributed by atoms with Gasteiger partial charge in [0.2, 0.25) is 0 Å². The van der Waals surface area contributed by atoms with E-state index in [0.717, 1.165) is 6.42 Å². The molecule has 0 radical (unpaired) electrons. The lowest BCUT2D eigenvalue weighted by Gasteiger charge is -2.32. The normalized spacial score (nSPS) is 14.9. The van der Waals surface area contributed by atoms with Gasteiger partial charge in [-0.1, -0.05) is 34.6 Å². The fourth-order valence-electron chi connectivity index (χ4n) is 1.88. The van der Waals surface area contributed by atoms with Crippen molar-refractivity contribution in [2.24, 2.45) is 16.6 Å². The third-order valence-corrected chi connectivity index (χ3v) is 1.99. The van der Waals surface area contributed by atoms with Gasteiger partial charge in [-0.15, -0.1) is 0 Å². The SMILES string of the molecule is C[C@H](N)C(=O)OCC(C)(C)CC(C)(C)C. The first kappa shape index (κ1) is 14.4. The summed E-state index contributed by atoms with van der Waals surface area (Å²) in [6.07, 6.45) is 1.01. The number of ether oxygens (including phenoxy) is 1. The molecule has 0 bridgehead atoms. The van der Waals surface area contributed by atoms with Gasteiger partial charge in [0.1, 0.15) is 6.04 Å². The highest BCUT2D eigenvalue weighted by atomic mass is 16.5. The first-order valence-corrected chi connectivity index (χ1v) is 5.46. The predicted octanol–water partition coefficient (Wildman–Crippen LogP) is 2.34. The summed E-state index contributed by atoms with van der Waals surface area (Å²) in [5.74, 6) is -0.322. The number of hydrogen-bond donors (Lipinski definition) is 1. The standard InChI is InChI=1S/C12H25NO2/c1-9(13)10(14)15-8-12(5,6)7-11(2,3)4/h9H,7-8,13H2,1-6H3/t9-/m0/s1. The minimum atomic E-state index is -0.532. The van der Waals surface area contributed by atoms with Crippen LogP contribution >= 0.6 is 0 Å². The van der Waals surface area contributed by atoms with Crippen LogP contribution in [-0.4, -0.2) is 18.6 Å². The van der Waals surface area contributed by atoms with Crippen molar-refractivity contribution in [1.29, 1.82) is 0 Å². The van der Waals surface area contributed by atoms with Gasteiger partial charge < -0.3 is 10.5 Å². The molecule has 0 fully saturated rings. The van der Waals surface area contributed by atoms with Crippen molar-refractivity contribution >= 4 is 5.97 Å². The third kappa shape index (κ3) is 7.37. The molecule has 0 unspecified atom stereocenters. The van der Waals surface area contributed by atoms with Crippen LogP contribution in [0.1, 0.15) is 48.0 Å². The lowest BCUT2D eigenvalue weighted by molar-refractivity contribution is -0.148. The van der Waals surface area contributed by atoms with Crippen LogP contribution in [0.25, 0.3) is 0 Å². The van der Waals surface area contributed by atoms with Gasteiger partial charge in [0.05, 0.1) is 6.61 Å². The molecule has 3 heteroatoms. The summed E-state index contributed by atoms with van der Waals surface area (Å²) in [5.41, 5.74) is 5.66. The summed E-state index contributed by atoms with van der Waals surface area (Å²) in [5, 5.41) is 0. The molecule has 3 nitrogen and oxygen atoms in total. The molecule has 0 aliphatic carbocycles. The number of carbonyl (C=O) groups is 1. The smallest absolute Gasteiger partial charge is 0.322 e. The fraction of sp³-hybridized carbons (Fsp3) is 0.917. The fourth-order valence-corrected chi connectivity index (χ4v) is 1.88. The largest absolute Gasteiger partial charge is 0.464 e. The van der Waals surface area contributed by atoms with E-state index in [1.807, 2.05) is 0 Å². The van der Waals surface area contributed by atoms with E-state index < -0.39 is 6.04 Å². The Hall–Kier alpha value is -0.570. The molecule has 2 N–H and O–H groups in total. The van der Waals surface area contributed by atoms with Gasteiger partial charge in [-0.3, -0.25) is 4.79 Å². The zero-order chi connectivity index (χ0) is 12.3. The molecule has 0 aromatic rings. The van der Waals surface area contributed by atoms with Gasteiger partial charge in [0.25, 0.3) is 0 Å². The summed E-state index contributed by atoms with van der Waals surface area (Å²) in [4.78, 5) is 11.2. The average molecular weight is 215 g/mol. The van der Waals surface area contributed by atoms with Crippen molar-refractivity contribution in [3.63, 3.8) is 0 Å². The van der Waals surface area contributed by atoms with E-state index in [9.17, 15) is 4.79 Å². The molecule has 0 amide bonds. The highest BCUT2D eigenvalue weighted by Gasteiger charge is 2.27. The Labute approximate surface area is 93.4 Å². The maximum absolute atomic E-state index is 11.2. The average Bonchev–Trinajstić information content (AvgIpc) is 1.95. The van der Waals surface area contributed by atoms with Crippen molar-refractivity contribution in [2.45, 2.75) is 54.0 Å². The summed E-state index contributed by atoms with van der Waals surface area (Å²) in [7, 11) is 0. The quantitative estimate of drug-likeness (QED) is 0.732. The second kappa shape index (κ2) is 4.97. The number of hydrogen-bond acceptors (Lipinski definition) is 3. The van der Waals surface area contributed by atoms with Gasteiger partial charge in [-0.2, -0.15) is 0 Å². The van der Waals surface area contributed by atoms with Gasteiger partial charge in [-0.05, 0) is 24.2 Å². The maximum atomic E-state index is 11.2. The molecule has 0 heterocycles. The van der Waals surface area contributed by atoms with E-state index in [4.69, 9.17) is 10.5 Å². The summed E-state index contributed by atoms with van der Waals surface area (Å²) in [6, 6.07) is -0.532. The van der Waals surface area contributed by atoms with Crippen molar-refractivity contribution in [3.8, 4) is 0 Å². The first-order valence-electron chi connectivity index (χ1n) is 5.46. The van der Waals surface area contributed by atoms with Crippen LogP contribution in [0.5, 0.6) is 0 Å². The summed E-state index contributed by atoms with van der Waals surface area (Å²) >= 11 is 0. The van der Waals surface area contributed by atoms with Crippen molar-refractivity contribution in [2.75, 3.05) is 6.61 Å². The topological polar surface area (TPSA) is 52.3 Å². The third-order valence-electron chi connectivity index (χ3n) is 1.99. The van der Waals surface area contributed by atoms with Crippen molar-refractivity contribution in [1.82, 2.24) is 0 Å². The molecule has 0 saturated carbocycles. The van der Waals surface area contributed by atoms with Crippen LogP contribution in [0, 0.1) is 10.8 Å². The predicted molar refractivity (Wildman–Crippen MR) is 62.5 cm³/mol. The van der Waals surface area contributed by atoms with E-state index >= 15 is 0 Å². The molecule has 15 heavy (non-hydrogen) atoms. The number of rotatable bonds is 4. The van der Waals surface area contributed by atoms with E-state index in [1.54, 1.807) is 6.92 Å². The van der Waals surface area contributed by atoms with Gasteiger partial charge in [-0.25, -0.2) is 0 Å². The van der Waals surface area contributed by atoms with E-state index in [2.05, 4.69) is 34.6 Å². The lowest BCUT2D eigenvalue weighted by atomic mass is 9.77. The number of esters is 1. The molecule has 1 atom stereocenters. The monoisotopic (exact) mass is 215 g/mol. The second-order valence-corrected chi connectivity index (χ2v) is 6.30. The second-order valence-electron chi connectivity index (χ2n) is 6.30. The van der Waals surface area contributed by atoms with Crippen molar-refractivity contribution < 1.29 is 9.53 Å². The lowest BCUT2D eigenvalue weighted by Crippen LogP contribution is -2.33. The maximum Gasteiger partial charge on any atom is 0.322 e.